The Morgan fingerprint density at radius 2 is 1.80 bits per heavy atom. The average molecular weight is 413 g/mol. The van der Waals surface area contributed by atoms with Gasteiger partial charge in [-0.25, -0.2) is 4.39 Å². The predicted octanol–water partition coefficient (Wildman–Crippen LogP) is 5.10. The van der Waals surface area contributed by atoms with E-state index in [4.69, 9.17) is 8.94 Å². The highest BCUT2D eigenvalue weighted by Crippen LogP contribution is 2.33. The maximum Gasteiger partial charge on any atom is 0.232 e. The molecule has 0 aliphatic heterocycles. The number of amides is 1. The Hall–Kier alpha value is -3.09. The molecule has 1 amide bonds. The normalized spacial score (nSPS) is 11.1. The summed E-state index contributed by atoms with van der Waals surface area (Å²) in [6.07, 6.45) is 1.60. The van der Waals surface area contributed by atoms with E-state index in [0.717, 1.165) is 24.2 Å². The van der Waals surface area contributed by atoms with Gasteiger partial charge in [0, 0.05) is 24.6 Å². The maximum atomic E-state index is 13.4. The molecule has 0 N–H and O–H groups in total. The van der Waals surface area contributed by atoms with Crippen molar-refractivity contribution in [3.05, 3.63) is 59.8 Å². The van der Waals surface area contributed by atoms with Gasteiger partial charge < -0.3 is 18.7 Å². The van der Waals surface area contributed by atoms with E-state index in [0.29, 0.717) is 30.4 Å². The van der Waals surface area contributed by atoms with Gasteiger partial charge in [0.05, 0.1) is 24.9 Å². The Morgan fingerprint density at radius 1 is 1.10 bits per heavy atom. The van der Waals surface area contributed by atoms with Crippen LogP contribution in [0.25, 0.3) is 11.3 Å². The van der Waals surface area contributed by atoms with Crippen molar-refractivity contribution in [2.24, 2.45) is 5.92 Å². The van der Waals surface area contributed by atoms with Gasteiger partial charge in [-0.2, -0.15) is 0 Å². The molecule has 2 aromatic heterocycles. The van der Waals surface area contributed by atoms with Gasteiger partial charge in [0.25, 0.3) is 0 Å². The molecule has 0 radical (unpaired) electrons. The van der Waals surface area contributed by atoms with Crippen molar-refractivity contribution in [2.45, 2.75) is 40.8 Å². The number of hydrogen-bond acceptors (Lipinski definition) is 5. The van der Waals surface area contributed by atoms with Crippen molar-refractivity contribution in [1.29, 1.82) is 0 Å². The van der Waals surface area contributed by atoms with Crippen molar-refractivity contribution in [1.82, 2.24) is 10.1 Å². The fourth-order valence-corrected chi connectivity index (χ4v) is 3.40. The minimum Gasteiger partial charge on any atom is -0.467 e. The minimum atomic E-state index is -0.317. The average Bonchev–Trinajstić information content (AvgIpc) is 3.39. The van der Waals surface area contributed by atoms with E-state index in [2.05, 4.69) is 10.1 Å². The molecular formula is C23H28FN3O3. The molecule has 0 atom stereocenters. The van der Waals surface area contributed by atoms with Crippen molar-refractivity contribution >= 4 is 11.8 Å². The molecule has 0 aliphatic carbocycles. The van der Waals surface area contributed by atoms with E-state index in [9.17, 15) is 9.18 Å². The van der Waals surface area contributed by atoms with Crippen LogP contribution in [0.4, 0.5) is 10.3 Å². The van der Waals surface area contributed by atoms with Crippen LogP contribution in [0.2, 0.25) is 0 Å². The highest BCUT2D eigenvalue weighted by atomic mass is 19.1. The summed E-state index contributed by atoms with van der Waals surface area (Å²) in [7, 11) is 0. The molecule has 0 saturated heterocycles. The molecule has 3 aromatic rings. The van der Waals surface area contributed by atoms with Crippen LogP contribution in [-0.2, 0) is 17.9 Å². The van der Waals surface area contributed by atoms with E-state index < -0.39 is 0 Å². The summed E-state index contributed by atoms with van der Waals surface area (Å²) in [4.78, 5) is 16.8. The first kappa shape index (κ1) is 21.6. The van der Waals surface area contributed by atoms with Crippen LogP contribution in [0.15, 0.2) is 51.6 Å². The first-order chi connectivity index (χ1) is 14.4. The summed E-state index contributed by atoms with van der Waals surface area (Å²) in [5.41, 5.74) is 2.15. The second-order valence-corrected chi connectivity index (χ2v) is 7.42. The molecule has 0 unspecified atom stereocenters. The first-order valence-corrected chi connectivity index (χ1v) is 10.2. The number of halogens is 1. The predicted molar refractivity (Wildman–Crippen MR) is 113 cm³/mol. The minimum absolute atomic E-state index is 0.00292. The SMILES string of the molecule is CCN(CC)c1onc(-c2ccc(F)cc2)c1CN(Cc1ccco1)C(=O)C(C)C. The number of anilines is 1. The third kappa shape index (κ3) is 4.72. The summed E-state index contributed by atoms with van der Waals surface area (Å²) in [5.74, 6) is 0.838. The van der Waals surface area contributed by atoms with E-state index in [-0.39, 0.29) is 17.6 Å². The molecule has 160 valence electrons. The van der Waals surface area contributed by atoms with Crippen LogP contribution in [0.5, 0.6) is 0 Å². The van der Waals surface area contributed by atoms with Gasteiger partial charge in [0.1, 0.15) is 17.3 Å². The summed E-state index contributed by atoms with van der Waals surface area (Å²) in [6.45, 7) is 9.93. The molecule has 0 bridgehead atoms. The van der Waals surface area contributed by atoms with E-state index in [1.165, 1.54) is 12.1 Å². The monoisotopic (exact) mass is 413 g/mol. The molecule has 7 heteroatoms. The fraction of sp³-hybridized carbons (Fsp3) is 0.391. The highest BCUT2D eigenvalue weighted by molar-refractivity contribution is 5.79. The van der Waals surface area contributed by atoms with Crippen molar-refractivity contribution in [2.75, 3.05) is 18.0 Å². The van der Waals surface area contributed by atoms with Crippen LogP contribution in [0.1, 0.15) is 39.0 Å². The van der Waals surface area contributed by atoms with Gasteiger partial charge >= 0.3 is 0 Å². The molecule has 30 heavy (non-hydrogen) atoms. The molecule has 0 fully saturated rings. The van der Waals surface area contributed by atoms with Crippen molar-refractivity contribution < 1.29 is 18.1 Å². The van der Waals surface area contributed by atoms with Crippen molar-refractivity contribution in [3.8, 4) is 11.3 Å². The highest BCUT2D eigenvalue weighted by Gasteiger charge is 2.27. The van der Waals surface area contributed by atoms with Crippen LogP contribution in [-0.4, -0.2) is 29.1 Å². The molecule has 0 spiro atoms. The van der Waals surface area contributed by atoms with Crippen molar-refractivity contribution in [3.63, 3.8) is 0 Å². The quantitative estimate of drug-likeness (QED) is 0.488. The van der Waals surface area contributed by atoms with Crippen LogP contribution < -0.4 is 4.90 Å². The number of benzene rings is 1. The van der Waals surface area contributed by atoms with Gasteiger partial charge in [-0.3, -0.25) is 4.79 Å². The number of carbonyl (C=O) groups excluding carboxylic acids is 1. The maximum absolute atomic E-state index is 13.4. The smallest absolute Gasteiger partial charge is 0.232 e. The number of furan rings is 1. The number of hydrogen-bond donors (Lipinski definition) is 0. The lowest BCUT2D eigenvalue weighted by atomic mass is 10.1. The number of rotatable bonds is 9. The molecule has 3 rings (SSSR count). The number of carbonyl (C=O) groups is 1. The zero-order chi connectivity index (χ0) is 21.7. The lowest BCUT2D eigenvalue weighted by Crippen LogP contribution is -2.34. The van der Waals surface area contributed by atoms with Gasteiger partial charge in [-0.15, -0.1) is 0 Å². The molecule has 6 nitrogen and oxygen atoms in total. The third-order valence-corrected chi connectivity index (χ3v) is 5.02. The molecule has 1 aromatic carbocycles. The molecular weight excluding hydrogens is 385 g/mol. The molecule has 0 saturated carbocycles. The fourth-order valence-electron chi connectivity index (χ4n) is 3.40. The Labute approximate surface area is 176 Å². The van der Waals surface area contributed by atoms with Gasteiger partial charge in [-0.1, -0.05) is 19.0 Å². The lowest BCUT2D eigenvalue weighted by Gasteiger charge is -2.25. The topological polar surface area (TPSA) is 62.7 Å². The molecule has 0 aliphatic rings. The van der Waals surface area contributed by atoms with E-state index in [1.807, 2.05) is 33.8 Å². The largest absolute Gasteiger partial charge is 0.467 e. The van der Waals surface area contributed by atoms with Crippen LogP contribution >= 0.6 is 0 Å². The number of aromatic nitrogens is 1. The van der Waals surface area contributed by atoms with Crippen LogP contribution in [0, 0.1) is 11.7 Å². The summed E-state index contributed by atoms with van der Waals surface area (Å²) < 4.78 is 24.6. The van der Waals surface area contributed by atoms with Crippen LogP contribution in [0.3, 0.4) is 0 Å². The lowest BCUT2D eigenvalue weighted by molar-refractivity contribution is -0.136. The summed E-state index contributed by atoms with van der Waals surface area (Å²) in [5, 5.41) is 4.29. The standard InChI is InChI=1S/C23H28FN3O3/c1-5-26(6-2)23-20(21(25-30-23)17-9-11-18(24)12-10-17)15-27(22(28)16(3)4)14-19-8-7-13-29-19/h7-13,16H,5-6,14-15H2,1-4H3. The molecule has 2 heterocycles. The van der Waals surface area contributed by atoms with Gasteiger partial charge in [0.2, 0.25) is 11.8 Å². The Kier molecular flexibility index (Phi) is 6.92. The van der Waals surface area contributed by atoms with Gasteiger partial charge in [0.15, 0.2) is 0 Å². The summed E-state index contributed by atoms with van der Waals surface area (Å²) >= 11 is 0. The van der Waals surface area contributed by atoms with Gasteiger partial charge in [-0.05, 0) is 50.2 Å². The second-order valence-electron chi connectivity index (χ2n) is 7.42. The Morgan fingerprint density at radius 3 is 2.37 bits per heavy atom. The van der Waals surface area contributed by atoms with E-state index >= 15 is 0 Å². The first-order valence-electron chi connectivity index (χ1n) is 10.2. The Bertz CT molecular complexity index is 945. The number of nitrogens with zero attached hydrogens (tertiary/aromatic N) is 3. The summed E-state index contributed by atoms with van der Waals surface area (Å²) in [6, 6.07) is 9.78. The zero-order valence-corrected chi connectivity index (χ0v) is 17.9. The second kappa shape index (κ2) is 9.61. The zero-order valence-electron chi connectivity index (χ0n) is 17.9. The van der Waals surface area contributed by atoms with E-state index in [1.54, 1.807) is 29.4 Å². The third-order valence-electron chi connectivity index (χ3n) is 5.02. The Balaban J connectivity index is 2.04.